The zero-order chi connectivity index (χ0) is 20.0. The molecule has 144 valence electrons. The minimum absolute atomic E-state index is 0.0171. The van der Waals surface area contributed by atoms with Crippen molar-refractivity contribution in [3.05, 3.63) is 76.9 Å². The van der Waals surface area contributed by atoms with Gasteiger partial charge in [0.15, 0.2) is 0 Å². The second-order valence-electron chi connectivity index (χ2n) is 8.04. The fourth-order valence-electron chi connectivity index (χ4n) is 3.80. The Morgan fingerprint density at radius 1 is 0.931 bits per heavy atom. The monoisotopic (exact) mass is 444 g/mol. The molecule has 2 aromatic carbocycles. The van der Waals surface area contributed by atoms with Crippen LogP contribution in [0.5, 0.6) is 0 Å². The molecule has 29 heavy (non-hydrogen) atoms. The van der Waals surface area contributed by atoms with Crippen molar-refractivity contribution < 1.29 is 0 Å². The van der Waals surface area contributed by atoms with Gasteiger partial charge in [0.25, 0.3) is 0 Å². The number of nitrogens with one attached hydrogen (secondary N) is 2. The van der Waals surface area contributed by atoms with Crippen molar-refractivity contribution in [2.24, 2.45) is 4.99 Å². The molecule has 0 bridgehead atoms. The quantitative estimate of drug-likeness (QED) is 0.420. The first-order valence-corrected chi connectivity index (χ1v) is 10.5. The number of benzene rings is 2. The fraction of sp³-hybridized carbons (Fsp3) is 0.167. The number of rotatable bonds is 3. The SMILES string of the molecule is CC1(C)CN=C(c2ccc(-c3c(-c4ccccc4)[nH]c4ncc(Br)cc34)cc2)N1. The van der Waals surface area contributed by atoms with Gasteiger partial charge in [-0.2, -0.15) is 0 Å². The van der Waals surface area contributed by atoms with Gasteiger partial charge in [0.1, 0.15) is 11.5 Å². The Kier molecular flexibility index (Phi) is 4.28. The average Bonchev–Trinajstić information content (AvgIpc) is 3.28. The van der Waals surface area contributed by atoms with Crippen LogP contribution < -0.4 is 5.32 Å². The van der Waals surface area contributed by atoms with Crippen molar-refractivity contribution in [3.8, 4) is 22.4 Å². The first kappa shape index (κ1) is 18.1. The predicted octanol–water partition coefficient (Wildman–Crippen LogP) is 5.79. The number of aromatic nitrogens is 2. The molecular weight excluding hydrogens is 424 g/mol. The maximum absolute atomic E-state index is 4.66. The van der Waals surface area contributed by atoms with Gasteiger partial charge in [0.2, 0.25) is 0 Å². The molecule has 5 heteroatoms. The van der Waals surface area contributed by atoms with Crippen molar-refractivity contribution in [1.82, 2.24) is 15.3 Å². The smallest absolute Gasteiger partial charge is 0.138 e. The maximum Gasteiger partial charge on any atom is 0.138 e. The first-order valence-electron chi connectivity index (χ1n) is 9.66. The summed E-state index contributed by atoms with van der Waals surface area (Å²) in [5, 5.41) is 4.60. The second-order valence-corrected chi connectivity index (χ2v) is 8.96. The number of amidine groups is 1. The average molecular weight is 445 g/mol. The van der Waals surface area contributed by atoms with Crippen LogP contribution in [0.15, 0.2) is 76.3 Å². The standard InChI is InChI=1S/C24H21BrN4/c1-24(2)14-27-22(29-24)17-10-8-15(9-11-17)20-19-12-18(25)13-26-23(19)28-21(20)16-6-4-3-5-7-16/h3-13H,14H2,1-2H3,(H,26,28)(H,27,29). The van der Waals surface area contributed by atoms with Gasteiger partial charge in [-0.25, -0.2) is 4.98 Å². The summed E-state index contributed by atoms with van der Waals surface area (Å²) in [5.41, 5.74) is 6.54. The number of aromatic amines is 1. The van der Waals surface area contributed by atoms with Gasteiger partial charge in [-0.3, -0.25) is 4.99 Å². The molecule has 2 aromatic heterocycles. The third kappa shape index (κ3) is 3.36. The summed E-state index contributed by atoms with van der Waals surface area (Å²) in [6.07, 6.45) is 1.83. The molecule has 0 radical (unpaired) electrons. The molecule has 5 rings (SSSR count). The van der Waals surface area contributed by atoms with E-state index < -0.39 is 0 Å². The molecule has 4 aromatic rings. The number of fused-ring (bicyclic) bond motifs is 1. The second kappa shape index (κ2) is 6.85. The lowest BCUT2D eigenvalue weighted by Gasteiger charge is -2.18. The summed E-state index contributed by atoms with van der Waals surface area (Å²) >= 11 is 3.57. The molecule has 0 saturated carbocycles. The molecular formula is C24H21BrN4. The predicted molar refractivity (Wildman–Crippen MR) is 123 cm³/mol. The summed E-state index contributed by atoms with van der Waals surface area (Å²) < 4.78 is 0.966. The Hall–Kier alpha value is -2.92. The lowest BCUT2D eigenvalue weighted by Crippen LogP contribution is -2.39. The van der Waals surface area contributed by atoms with Crippen LogP contribution in [0.25, 0.3) is 33.4 Å². The molecule has 0 fully saturated rings. The van der Waals surface area contributed by atoms with Gasteiger partial charge in [-0.15, -0.1) is 0 Å². The van der Waals surface area contributed by atoms with Gasteiger partial charge in [0, 0.05) is 27.2 Å². The van der Waals surface area contributed by atoms with E-state index in [0.29, 0.717) is 0 Å². The van der Waals surface area contributed by atoms with Crippen molar-refractivity contribution in [3.63, 3.8) is 0 Å². The molecule has 0 aliphatic carbocycles. The summed E-state index contributed by atoms with van der Waals surface area (Å²) in [5.74, 6) is 0.966. The highest BCUT2D eigenvalue weighted by Crippen LogP contribution is 2.38. The van der Waals surface area contributed by atoms with Crippen molar-refractivity contribution in [2.75, 3.05) is 6.54 Å². The zero-order valence-corrected chi connectivity index (χ0v) is 17.9. The Morgan fingerprint density at radius 2 is 1.66 bits per heavy atom. The highest BCUT2D eigenvalue weighted by molar-refractivity contribution is 9.10. The molecule has 0 unspecified atom stereocenters. The van der Waals surface area contributed by atoms with Crippen molar-refractivity contribution in [1.29, 1.82) is 0 Å². The molecule has 2 N–H and O–H groups in total. The van der Waals surface area contributed by atoms with Crippen molar-refractivity contribution in [2.45, 2.75) is 19.4 Å². The number of hydrogen-bond acceptors (Lipinski definition) is 3. The van der Waals surface area contributed by atoms with E-state index in [4.69, 9.17) is 0 Å². The van der Waals surface area contributed by atoms with E-state index in [1.54, 1.807) is 0 Å². The molecule has 3 heterocycles. The van der Waals surface area contributed by atoms with Gasteiger partial charge < -0.3 is 10.3 Å². The Morgan fingerprint density at radius 3 is 2.34 bits per heavy atom. The minimum Gasteiger partial charge on any atom is -0.363 e. The maximum atomic E-state index is 4.66. The van der Waals surface area contributed by atoms with Crippen LogP contribution in [-0.4, -0.2) is 27.9 Å². The van der Waals surface area contributed by atoms with E-state index in [0.717, 1.165) is 55.8 Å². The number of nitrogens with zero attached hydrogens (tertiary/aromatic N) is 2. The van der Waals surface area contributed by atoms with Crippen LogP contribution in [0.2, 0.25) is 0 Å². The third-order valence-electron chi connectivity index (χ3n) is 5.22. The molecule has 1 aliphatic heterocycles. The lowest BCUT2D eigenvalue weighted by atomic mass is 9.98. The van der Waals surface area contributed by atoms with Gasteiger partial charge in [-0.1, -0.05) is 54.6 Å². The van der Waals surface area contributed by atoms with Crippen LogP contribution in [0, 0.1) is 0 Å². The minimum atomic E-state index is 0.0171. The number of aliphatic imine (C=N–C) groups is 1. The van der Waals surface area contributed by atoms with Gasteiger partial charge in [0.05, 0.1) is 17.8 Å². The zero-order valence-electron chi connectivity index (χ0n) is 16.3. The number of pyridine rings is 1. The van der Waals surface area contributed by atoms with Crippen LogP contribution >= 0.6 is 15.9 Å². The Balaban J connectivity index is 1.63. The number of H-pyrrole nitrogens is 1. The van der Waals surface area contributed by atoms with Crippen LogP contribution in [0.4, 0.5) is 0 Å². The summed E-state index contributed by atoms with van der Waals surface area (Å²) in [6.45, 7) is 5.13. The summed E-state index contributed by atoms with van der Waals surface area (Å²) in [6, 6.07) is 21.1. The highest BCUT2D eigenvalue weighted by atomic mass is 79.9. The molecule has 0 atom stereocenters. The Labute approximate surface area is 178 Å². The number of halogens is 1. The third-order valence-corrected chi connectivity index (χ3v) is 5.65. The molecule has 0 spiro atoms. The van der Waals surface area contributed by atoms with E-state index in [9.17, 15) is 0 Å². The van der Waals surface area contributed by atoms with E-state index in [-0.39, 0.29) is 5.54 Å². The normalized spacial score (nSPS) is 15.3. The van der Waals surface area contributed by atoms with Gasteiger partial charge in [-0.05, 0) is 47.0 Å². The summed E-state index contributed by atoms with van der Waals surface area (Å²) in [7, 11) is 0. The van der Waals surface area contributed by atoms with Crippen LogP contribution in [0.3, 0.4) is 0 Å². The number of hydrogen-bond donors (Lipinski definition) is 2. The van der Waals surface area contributed by atoms with E-state index >= 15 is 0 Å². The molecule has 4 nitrogen and oxygen atoms in total. The topological polar surface area (TPSA) is 53.1 Å². The lowest BCUT2D eigenvalue weighted by molar-refractivity contribution is 0.506. The van der Waals surface area contributed by atoms with Gasteiger partial charge >= 0.3 is 0 Å². The van der Waals surface area contributed by atoms with Crippen LogP contribution in [0.1, 0.15) is 19.4 Å². The van der Waals surface area contributed by atoms with E-state index in [1.807, 2.05) is 12.3 Å². The largest absolute Gasteiger partial charge is 0.363 e. The van der Waals surface area contributed by atoms with E-state index in [2.05, 4.69) is 105 Å². The Bertz CT molecular complexity index is 1220. The highest BCUT2D eigenvalue weighted by Gasteiger charge is 2.25. The molecule has 0 amide bonds. The first-order chi connectivity index (χ1) is 14.0. The van der Waals surface area contributed by atoms with Crippen molar-refractivity contribution >= 4 is 32.8 Å². The fourth-order valence-corrected chi connectivity index (χ4v) is 4.13. The summed E-state index contributed by atoms with van der Waals surface area (Å²) in [4.78, 5) is 12.8. The molecule has 1 aliphatic rings. The van der Waals surface area contributed by atoms with E-state index in [1.165, 1.54) is 0 Å². The molecule has 0 saturated heterocycles. The van der Waals surface area contributed by atoms with Crippen LogP contribution in [-0.2, 0) is 0 Å².